The van der Waals surface area contributed by atoms with Crippen LogP contribution in [0.2, 0.25) is 0 Å². The van der Waals surface area contributed by atoms with Gasteiger partial charge >= 0.3 is 0 Å². The van der Waals surface area contributed by atoms with Crippen molar-refractivity contribution in [2.75, 3.05) is 12.3 Å². The largest absolute Gasteiger partial charge is 0.398 e. The minimum absolute atomic E-state index is 0.00425. The van der Waals surface area contributed by atoms with Crippen molar-refractivity contribution in [3.63, 3.8) is 0 Å². The van der Waals surface area contributed by atoms with Gasteiger partial charge in [0, 0.05) is 12.2 Å². The van der Waals surface area contributed by atoms with Crippen molar-refractivity contribution in [1.29, 1.82) is 0 Å². The molecule has 3 nitrogen and oxygen atoms in total. The molecule has 144 valence electrons. The average Bonchev–Trinajstić information content (AvgIpc) is 2.68. The van der Waals surface area contributed by atoms with E-state index in [0.29, 0.717) is 17.8 Å². The minimum Gasteiger partial charge on any atom is -0.398 e. The monoisotopic (exact) mass is 364 g/mol. The highest BCUT2D eigenvalue weighted by Crippen LogP contribution is 2.30. The second kappa shape index (κ2) is 9.96. The molecule has 1 amide bonds. The maximum Gasteiger partial charge on any atom is 0.256 e. The molecule has 0 saturated carbocycles. The number of carbonyl (C=O) groups is 1. The van der Waals surface area contributed by atoms with Crippen molar-refractivity contribution in [3.05, 3.63) is 77.9 Å². The van der Waals surface area contributed by atoms with Crippen molar-refractivity contribution in [2.45, 2.75) is 52.0 Å². The number of anilines is 1. The van der Waals surface area contributed by atoms with Crippen molar-refractivity contribution in [3.8, 4) is 0 Å². The summed E-state index contributed by atoms with van der Waals surface area (Å²) in [7, 11) is 0. The van der Waals surface area contributed by atoms with E-state index in [-0.39, 0.29) is 5.91 Å². The number of hydrogen-bond acceptors (Lipinski definition) is 2. The summed E-state index contributed by atoms with van der Waals surface area (Å²) >= 11 is 0. The first kappa shape index (κ1) is 20.8. The molecule has 0 radical (unpaired) electrons. The summed E-state index contributed by atoms with van der Waals surface area (Å²) in [5, 5.41) is 0. The quantitative estimate of drug-likeness (QED) is 0.348. The number of carbonyl (C=O) groups excluding carboxylic acids is 1. The van der Waals surface area contributed by atoms with Crippen LogP contribution in [0, 0.1) is 0 Å². The minimum atomic E-state index is -0.413. The molecular weight excluding hydrogens is 332 g/mol. The molecule has 0 aliphatic heterocycles. The fourth-order valence-corrected chi connectivity index (χ4v) is 3.35. The van der Waals surface area contributed by atoms with Crippen molar-refractivity contribution in [1.82, 2.24) is 4.90 Å². The van der Waals surface area contributed by atoms with E-state index in [4.69, 9.17) is 5.73 Å². The SMILES string of the molecule is C/C=C/CCCCCN(C(=O)c1ccccc1N)C(C)(C)c1ccccc1. The lowest BCUT2D eigenvalue weighted by atomic mass is 9.91. The van der Waals surface area contributed by atoms with E-state index in [0.717, 1.165) is 31.2 Å². The molecule has 2 N–H and O–H groups in total. The summed E-state index contributed by atoms with van der Waals surface area (Å²) in [5.74, 6) is -0.00425. The van der Waals surface area contributed by atoms with Gasteiger partial charge in [0.2, 0.25) is 0 Å². The van der Waals surface area contributed by atoms with Gasteiger partial charge in [-0.2, -0.15) is 0 Å². The predicted octanol–water partition coefficient (Wildman–Crippen LogP) is 5.78. The number of nitrogens with zero attached hydrogens (tertiary/aromatic N) is 1. The third-order valence-corrected chi connectivity index (χ3v) is 5.08. The van der Waals surface area contributed by atoms with Gasteiger partial charge in [-0.05, 0) is 57.7 Å². The molecule has 0 heterocycles. The fraction of sp³-hybridized carbons (Fsp3) is 0.375. The second-order valence-corrected chi connectivity index (χ2v) is 7.39. The number of benzene rings is 2. The zero-order chi connectivity index (χ0) is 19.7. The van der Waals surface area contributed by atoms with Gasteiger partial charge in [-0.3, -0.25) is 4.79 Å². The van der Waals surface area contributed by atoms with Crippen molar-refractivity contribution < 1.29 is 4.79 Å². The zero-order valence-electron chi connectivity index (χ0n) is 16.8. The van der Waals surface area contributed by atoms with E-state index in [2.05, 4.69) is 38.1 Å². The maximum atomic E-state index is 13.4. The average molecular weight is 365 g/mol. The van der Waals surface area contributed by atoms with Gasteiger partial charge in [-0.25, -0.2) is 0 Å². The van der Waals surface area contributed by atoms with E-state index in [1.165, 1.54) is 0 Å². The first-order valence-corrected chi connectivity index (χ1v) is 9.81. The van der Waals surface area contributed by atoms with Crippen molar-refractivity contribution >= 4 is 11.6 Å². The summed E-state index contributed by atoms with van der Waals surface area (Å²) in [6.45, 7) is 6.98. The van der Waals surface area contributed by atoms with E-state index in [9.17, 15) is 4.79 Å². The topological polar surface area (TPSA) is 46.3 Å². The predicted molar refractivity (Wildman–Crippen MR) is 115 cm³/mol. The lowest BCUT2D eigenvalue weighted by molar-refractivity contribution is 0.0536. The highest BCUT2D eigenvalue weighted by atomic mass is 16.2. The van der Waals surface area contributed by atoms with Gasteiger partial charge in [0.05, 0.1) is 11.1 Å². The molecule has 3 heteroatoms. The Morgan fingerprint density at radius 2 is 1.67 bits per heavy atom. The van der Waals surface area contributed by atoms with Crippen LogP contribution in [0.5, 0.6) is 0 Å². The van der Waals surface area contributed by atoms with Crippen LogP contribution in [0.25, 0.3) is 0 Å². The highest BCUT2D eigenvalue weighted by Gasteiger charge is 2.33. The standard InChI is InChI=1S/C24H32N2O/c1-4-5-6-7-8-14-19-26(23(27)21-17-12-13-18-22(21)25)24(2,3)20-15-10-9-11-16-20/h4-5,9-13,15-18H,6-8,14,19,25H2,1-3H3/b5-4+. The van der Waals surface area contributed by atoms with Crippen LogP contribution in [-0.4, -0.2) is 17.4 Å². The third-order valence-electron chi connectivity index (χ3n) is 5.08. The molecule has 0 aliphatic carbocycles. The number of rotatable bonds is 9. The highest BCUT2D eigenvalue weighted by molar-refractivity contribution is 5.99. The Morgan fingerprint density at radius 1 is 1.00 bits per heavy atom. The molecule has 27 heavy (non-hydrogen) atoms. The number of allylic oxidation sites excluding steroid dienone is 2. The first-order chi connectivity index (χ1) is 13.0. The Bertz CT molecular complexity index is 750. The van der Waals surface area contributed by atoms with Crippen LogP contribution in [0.15, 0.2) is 66.7 Å². The lowest BCUT2D eigenvalue weighted by Crippen LogP contribution is -2.46. The van der Waals surface area contributed by atoms with E-state index in [1.807, 2.05) is 48.2 Å². The fourth-order valence-electron chi connectivity index (χ4n) is 3.35. The lowest BCUT2D eigenvalue weighted by Gasteiger charge is -2.39. The van der Waals surface area contributed by atoms with Gasteiger partial charge in [-0.15, -0.1) is 0 Å². The van der Waals surface area contributed by atoms with Gasteiger partial charge in [-0.1, -0.05) is 61.0 Å². The first-order valence-electron chi connectivity index (χ1n) is 9.81. The van der Waals surface area contributed by atoms with E-state index >= 15 is 0 Å². The van der Waals surface area contributed by atoms with E-state index in [1.54, 1.807) is 6.07 Å². The Balaban J connectivity index is 2.23. The Morgan fingerprint density at radius 3 is 2.33 bits per heavy atom. The molecule has 0 aliphatic rings. The molecule has 0 fully saturated rings. The molecule has 0 aromatic heterocycles. The second-order valence-electron chi connectivity index (χ2n) is 7.39. The van der Waals surface area contributed by atoms with Crippen LogP contribution >= 0.6 is 0 Å². The van der Waals surface area contributed by atoms with Gasteiger partial charge < -0.3 is 10.6 Å². The van der Waals surface area contributed by atoms with E-state index < -0.39 is 5.54 Å². The number of amides is 1. The number of unbranched alkanes of at least 4 members (excludes halogenated alkanes) is 3. The van der Waals surface area contributed by atoms with Crippen LogP contribution in [0.3, 0.4) is 0 Å². The molecular formula is C24H32N2O. The molecule has 0 spiro atoms. The summed E-state index contributed by atoms with van der Waals surface area (Å²) in [6, 6.07) is 17.6. The molecule has 0 unspecified atom stereocenters. The molecule has 2 aromatic carbocycles. The summed E-state index contributed by atoms with van der Waals surface area (Å²) in [6.07, 6.45) is 8.60. The van der Waals surface area contributed by atoms with Crippen LogP contribution in [0.4, 0.5) is 5.69 Å². The van der Waals surface area contributed by atoms with Crippen LogP contribution < -0.4 is 5.73 Å². The Kier molecular flexibility index (Phi) is 7.66. The smallest absolute Gasteiger partial charge is 0.256 e. The van der Waals surface area contributed by atoms with Crippen molar-refractivity contribution in [2.24, 2.45) is 0 Å². The molecule has 0 atom stereocenters. The number of nitrogen functional groups attached to an aromatic ring is 1. The Labute approximate surface area is 163 Å². The van der Waals surface area contributed by atoms with Gasteiger partial charge in [0.25, 0.3) is 5.91 Å². The number of hydrogen-bond donors (Lipinski definition) is 1. The summed E-state index contributed by atoms with van der Waals surface area (Å²) < 4.78 is 0. The molecule has 2 rings (SSSR count). The normalized spacial score (nSPS) is 11.7. The van der Waals surface area contributed by atoms with Gasteiger partial charge in [0.15, 0.2) is 0 Å². The third kappa shape index (κ3) is 5.46. The molecule has 0 saturated heterocycles. The number of nitrogens with two attached hydrogens (primary N) is 1. The number of para-hydroxylation sites is 1. The molecule has 2 aromatic rings. The van der Waals surface area contributed by atoms with Crippen LogP contribution in [-0.2, 0) is 5.54 Å². The van der Waals surface area contributed by atoms with Crippen LogP contribution in [0.1, 0.15) is 62.4 Å². The summed E-state index contributed by atoms with van der Waals surface area (Å²) in [4.78, 5) is 15.4. The molecule has 0 bridgehead atoms. The van der Waals surface area contributed by atoms with Gasteiger partial charge in [0.1, 0.15) is 0 Å². The Hall–Kier alpha value is -2.55. The maximum absolute atomic E-state index is 13.4. The zero-order valence-corrected chi connectivity index (χ0v) is 16.8. The summed E-state index contributed by atoms with van der Waals surface area (Å²) in [5.41, 5.74) is 7.92.